The molecule has 0 radical (unpaired) electrons. The standard InChI is InChI=1S/C10H12F3NO2/c11-10(12,13)9(14)7-5-6(3-4-15)1-2-8(7)16/h1-2,5,9,15-16H,3-4,14H2/t9-/m0/s1. The van der Waals surface area contributed by atoms with Crippen LogP contribution >= 0.6 is 0 Å². The van der Waals surface area contributed by atoms with E-state index in [1.165, 1.54) is 6.07 Å². The fraction of sp³-hybridized carbons (Fsp3) is 0.400. The Kier molecular flexibility index (Phi) is 3.77. The summed E-state index contributed by atoms with van der Waals surface area (Å²) >= 11 is 0. The van der Waals surface area contributed by atoms with Gasteiger partial charge in [0.15, 0.2) is 0 Å². The summed E-state index contributed by atoms with van der Waals surface area (Å²) in [5, 5.41) is 18.0. The molecular weight excluding hydrogens is 223 g/mol. The number of nitrogens with two attached hydrogens (primary N) is 1. The van der Waals surface area contributed by atoms with E-state index >= 15 is 0 Å². The Balaban J connectivity index is 3.07. The van der Waals surface area contributed by atoms with E-state index in [1.807, 2.05) is 0 Å². The summed E-state index contributed by atoms with van der Waals surface area (Å²) in [4.78, 5) is 0. The molecule has 6 heteroatoms. The van der Waals surface area contributed by atoms with Crippen molar-refractivity contribution in [3.05, 3.63) is 29.3 Å². The van der Waals surface area contributed by atoms with Gasteiger partial charge in [0.2, 0.25) is 0 Å². The zero-order chi connectivity index (χ0) is 12.3. The van der Waals surface area contributed by atoms with E-state index in [9.17, 15) is 18.3 Å². The van der Waals surface area contributed by atoms with Crippen LogP contribution in [-0.4, -0.2) is 23.0 Å². The third kappa shape index (κ3) is 2.86. The van der Waals surface area contributed by atoms with Gasteiger partial charge in [-0.1, -0.05) is 12.1 Å². The summed E-state index contributed by atoms with van der Waals surface area (Å²) in [5.41, 5.74) is 5.11. The van der Waals surface area contributed by atoms with Gasteiger partial charge in [0.05, 0.1) is 0 Å². The van der Waals surface area contributed by atoms with Gasteiger partial charge in [-0.3, -0.25) is 0 Å². The van der Waals surface area contributed by atoms with Gasteiger partial charge in [0.25, 0.3) is 0 Å². The number of halogens is 3. The van der Waals surface area contributed by atoms with Crippen molar-refractivity contribution in [2.75, 3.05) is 6.61 Å². The van der Waals surface area contributed by atoms with Crippen molar-refractivity contribution in [3.8, 4) is 5.75 Å². The maximum atomic E-state index is 12.3. The van der Waals surface area contributed by atoms with Crippen molar-refractivity contribution < 1.29 is 23.4 Å². The van der Waals surface area contributed by atoms with Gasteiger partial charge in [-0.25, -0.2) is 0 Å². The van der Waals surface area contributed by atoms with E-state index in [1.54, 1.807) is 0 Å². The number of hydrogen-bond acceptors (Lipinski definition) is 3. The molecule has 1 aromatic rings. The minimum atomic E-state index is -4.60. The van der Waals surface area contributed by atoms with E-state index in [2.05, 4.69) is 0 Å². The van der Waals surface area contributed by atoms with Gasteiger partial charge in [-0.05, 0) is 18.1 Å². The molecule has 1 aromatic carbocycles. The number of aliphatic hydroxyl groups excluding tert-OH is 1. The Morgan fingerprint density at radius 3 is 2.44 bits per heavy atom. The second-order valence-electron chi connectivity index (χ2n) is 3.39. The molecule has 0 aliphatic heterocycles. The van der Waals surface area contributed by atoms with Crippen molar-refractivity contribution in [3.63, 3.8) is 0 Å². The molecule has 0 spiro atoms. The van der Waals surface area contributed by atoms with Gasteiger partial charge in [0, 0.05) is 12.2 Å². The molecule has 3 nitrogen and oxygen atoms in total. The molecule has 0 aromatic heterocycles. The third-order valence-corrected chi connectivity index (χ3v) is 2.18. The van der Waals surface area contributed by atoms with Gasteiger partial charge in [-0.2, -0.15) is 13.2 Å². The number of benzene rings is 1. The molecular formula is C10H12F3NO2. The average molecular weight is 235 g/mol. The number of alkyl halides is 3. The molecule has 0 unspecified atom stereocenters. The zero-order valence-electron chi connectivity index (χ0n) is 8.33. The third-order valence-electron chi connectivity index (χ3n) is 2.18. The monoisotopic (exact) mass is 235 g/mol. The molecule has 0 fully saturated rings. The Morgan fingerprint density at radius 2 is 1.94 bits per heavy atom. The summed E-state index contributed by atoms with van der Waals surface area (Å²) in [6.07, 6.45) is -4.38. The molecule has 4 N–H and O–H groups in total. The number of phenols is 1. The van der Waals surface area contributed by atoms with Crippen molar-refractivity contribution in [2.24, 2.45) is 5.73 Å². The summed E-state index contributed by atoms with van der Waals surface area (Å²) < 4.78 is 37.0. The summed E-state index contributed by atoms with van der Waals surface area (Å²) in [6.45, 7) is -0.175. The predicted octanol–water partition coefficient (Wildman–Crippen LogP) is 1.49. The maximum Gasteiger partial charge on any atom is 0.407 e. The fourth-order valence-corrected chi connectivity index (χ4v) is 1.31. The minimum Gasteiger partial charge on any atom is -0.508 e. The first-order chi connectivity index (χ1) is 7.36. The molecule has 90 valence electrons. The van der Waals surface area contributed by atoms with E-state index in [0.717, 1.165) is 12.1 Å². The number of phenolic OH excluding ortho intramolecular Hbond substituents is 1. The first kappa shape index (κ1) is 12.8. The minimum absolute atomic E-state index is 0.175. The lowest BCUT2D eigenvalue weighted by Crippen LogP contribution is -2.28. The van der Waals surface area contributed by atoms with Crippen molar-refractivity contribution in [1.29, 1.82) is 0 Å². The highest BCUT2D eigenvalue weighted by molar-refractivity contribution is 5.39. The molecule has 0 bridgehead atoms. The lowest BCUT2D eigenvalue weighted by molar-refractivity contribution is -0.149. The van der Waals surface area contributed by atoms with Crippen LogP contribution in [0.4, 0.5) is 13.2 Å². The van der Waals surface area contributed by atoms with Gasteiger partial charge < -0.3 is 15.9 Å². The Labute approximate surface area is 90.3 Å². The highest BCUT2D eigenvalue weighted by atomic mass is 19.4. The van der Waals surface area contributed by atoms with E-state index in [4.69, 9.17) is 10.8 Å². The fourth-order valence-electron chi connectivity index (χ4n) is 1.31. The molecule has 0 amide bonds. The van der Waals surface area contributed by atoms with Gasteiger partial charge >= 0.3 is 6.18 Å². The maximum absolute atomic E-state index is 12.3. The number of hydrogen-bond donors (Lipinski definition) is 3. The molecule has 0 heterocycles. The van der Waals surface area contributed by atoms with Crippen LogP contribution in [0, 0.1) is 0 Å². The normalized spacial score (nSPS) is 13.8. The molecule has 1 atom stereocenters. The van der Waals surface area contributed by atoms with Crippen LogP contribution in [0.1, 0.15) is 17.2 Å². The Bertz CT molecular complexity index is 366. The largest absolute Gasteiger partial charge is 0.508 e. The summed E-state index contributed by atoms with van der Waals surface area (Å²) in [6, 6.07) is 1.53. The molecule has 0 aliphatic rings. The molecule has 1 rings (SSSR count). The number of rotatable bonds is 3. The Morgan fingerprint density at radius 1 is 1.31 bits per heavy atom. The average Bonchev–Trinajstić information content (AvgIpc) is 2.19. The van der Waals surface area contributed by atoms with E-state index < -0.39 is 18.0 Å². The highest BCUT2D eigenvalue weighted by Gasteiger charge is 2.39. The van der Waals surface area contributed by atoms with Gasteiger partial charge in [0.1, 0.15) is 11.8 Å². The summed E-state index contributed by atoms with van der Waals surface area (Å²) in [7, 11) is 0. The Hall–Kier alpha value is -1.27. The van der Waals surface area contributed by atoms with Crippen LogP contribution in [0.2, 0.25) is 0 Å². The van der Waals surface area contributed by atoms with Crippen LogP contribution in [0.15, 0.2) is 18.2 Å². The first-order valence-corrected chi connectivity index (χ1v) is 4.61. The van der Waals surface area contributed by atoms with E-state index in [-0.39, 0.29) is 18.6 Å². The lowest BCUT2D eigenvalue weighted by atomic mass is 10.0. The number of aliphatic hydroxyl groups is 1. The van der Waals surface area contributed by atoms with Crippen LogP contribution in [-0.2, 0) is 6.42 Å². The molecule has 0 aliphatic carbocycles. The first-order valence-electron chi connectivity index (χ1n) is 4.61. The molecule has 0 saturated carbocycles. The van der Waals surface area contributed by atoms with Crippen LogP contribution < -0.4 is 5.73 Å². The van der Waals surface area contributed by atoms with Gasteiger partial charge in [-0.15, -0.1) is 0 Å². The van der Waals surface area contributed by atoms with Crippen LogP contribution in [0.25, 0.3) is 0 Å². The second-order valence-corrected chi connectivity index (χ2v) is 3.39. The highest BCUT2D eigenvalue weighted by Crippen LogP contribution is 2.35. The lowest BCUT2D eigenvalue weighted by Gasteiger charge is -2.17. The summed E-state index contributed by atoms with van der Waals surface area (Å²) in [5.74, 6) is -0.494. The van der Waals surface area contributed by atoms with Crippen molar-refractivity contribution >= 4 is 0 Å². The topological polar surface area (TPSA) is 66.5 Å². The number of aromatic hydroxyl groups is 1. The van der Waals surface area contributed by atoms with Crippen molar-refractivity contribution in [2.45, 2.75) is 18.6 Å². The van der Waals surface area contributed by atoms with Crippen molar-refractivity contribution in [1.82, 2.24) is 0 Å². The van der Waals surface area contributed by atoms with E-state index in [0.29, 0.717) is 5.56 Å². The second kappa shape index (κ2) is 4.71. The van der Waals surface area contributed by atoms with Crippen LogP contribution in [0.3, 0.4) is 0 Å². The SMILES string of the molecule is N[C@@H](c1cc(CCO)ccc1O)C(F)(F)F. The zero-order valence-corrected chi connectivity index (χ0v) is 8.33. The smallest absolute Gasteiger partial charge is 0.407 e. The predicted molar refractivity (Wildman–Crippen MR) is 51.9 cm³/mol. The molecule has 0 saturated heterocycles. The van der Waals surface area contributed by atoms with Crippen LogP contribution in [0.5, 0.6) is 5.75 Å². The molecule has 16 heavy (non-hydrogen) atoms. The quantitative estimate of drug-likeness (QED) is 0.743.